The molecule has 0 aromatic rings. The number of nitrogens with one attached hydrogen (secondary N) is 3. The van der Waals surface area contributed by atoms with Gasteiger partial charge in [0, 0.05) is 26.1 Å². The molecule has 0 aliphatic carbocycles. The van der Waals surface area contributed by atoms with E-state index in [4.69, 9.17) is 0 Å². The molecule has 0 spiro atoms. The van der Waals surface area contributed by atoms with Gasteiger partial charge in [0.1, 0.15) is 0 Å². The highest BCUT2D eigenvalue weighted by Crippen LogP contribution is 1.97. The van der Waals surface area contributed by atoms with E-state index in [1.165, 1.54) is 12.2 Å². The third-order valence-electron chi connectivity index (χ3n) is 3.33. The third-order valence-corrected chi connectivity index (χ3v) is 3.33. The Bertz CT molecular complexity index is 367. The minimum atomic E-state index is -0.124. The van der Waals surface area contributed by atoms with Crippen molar-refractivity contribution in [1.29, 1.82) is 0 Å². The van der Waals surface area contributed by atoms with Gasteiger partial charge in [0.15, 0.2) is 0 Å². The van der Waals surface area contributed by atoms with E-state index in [1.807, 2.05) is 0 Å². The number of rotatable bonds is 13. The van der Waals surface area contributed by atoms with Crippen molar-refractivity contribution in [3.63, 3.8) is 0 Å². The van der Waals surface area contributed by atoms with Crippen LogP contribution in [0.1, 0.15) is 12.8 Å². The lowest BCUT2D eigenvalue weighted by Crippen LogP contribution is -2.46. The van der Waals surface area contributed by atoms with Crippen molar-refractivity contribution in [1.82, 2.24) is 16.0 Å². The Morgan fingerprint density at radius 3 is 1.95 bits per heavy atom. The molecule has 0 aromatic heterocycles. The molecule has 0 unspecified atom stereocenters. The average Bonchev–Trinajstić information content (AvgIpc) is 2.49. The van der Waals surface area contributed by atoms with Crippen LogP contribution < -0.4 is 16.0 Å². The van der Waals surface area contributed by atoms with Crippen LogP contribution in [0.5, 0.6) is 0 Å². The van der Waals surface area contributed by atoms with Gasteiger partial charge in [-0.1, -0.05) is 13.2 Å². The van der Waals surface area contributed by atoms with Crippen LogP contribution in [0, 0.1) is 0 Å². The maximum Gasteiger partial charge on any atom is 0.243 e. The lowest BCUT2D eigenvalue weighted by Gasteiger charge is -2.30. The Labute approximate surface area is 134 Å². The van der Waals surface area contributed by atoms with Crippen LogP contribution in [0.4, 0.5) is 0 Å². The molecule has 0 radical (unpaired) electrons. The van der Waals surface area contributed by atoms with Gasteiger partial charge in [-0.3, -0.25) is 9.59 Å². The SMILES string of the molecule is C=CC(=O)NCCCNCC[N+](C)(C)CCCNC(=O)C=C. The predicted molar refractivity (Wildman–Crippen MR) is 90.4 cm³/mol. The highest BCUT2D eigenvalue weighted by molar-refractivity contribution is 5.87. The van der Waals surface area contributed by atoms with E-state index in [0.717, 1.165) is 43.5 Å². The predicted octanol–water partition coefficient (Wildman–Crippen LogP) is 0.0370. The number of likely N-dealkylation sites (N-methyl/N-ethyl adjacent to an activating group) is 1. The van der Waals surface area contributed by atoms with Gasteiger partial charge in [0.05, 0.1) is 27.2 Å². The van der Waals surface area contributed by atoms with Gasteiger partial charge in [-0.05, 0) is 25.1 Å². The fourth-order valence-electron chi connectivity index (χ4n) is 1.91. The van der Waals surface area contributed by atoms with Gasteiger partial charge in [-0.25, -0.2) is 0 Å². The van der Waals surface area contributed by atoms with E-state index in [2.05, 4.69) is 43.2 Å². The molecule has 22 heavy (non-hydrogen) atoms. The molecule has 0 saturated heterocycles. The molecule has 0 fully saturated rings. The molecule has 0 bridgehead atoms. The topological polar surface area (TPSA) is 70.2 Å². The summed E-state index contributed by atoms with van der Waals surface area (Å²) in [6.07, 6.45) is 4.42. The zero-order chi connectivity index (χ0) is 16.8. The fourth-order valence-corrected chi connectivity index (χ4v) is 1.91. The smallest absolute Gasteiger partial charge is 0.243 e. The zero-order valence-electron chi connectivity index (χ0n) is 14.0. The lowest BCUT2D eigenvalue weighted by atomic mass is 10.3. The lowest BCUT2D eigenvalue weighted by molar-refractivity contribution is -0.889. The van der Waals surface area contributed by atoms with Gasteiger partial charge in [0.25, 0.3) is 0 Å². The van der Waals surface area contributed by atoms with E-state index in [9.17, 15) is 9.59 Å². The summed E-state index contributed by atoms with van der Waals surface area (Å²) in [5, 5.41) is 8.91. The summed E-state index contributed by atoms with van der Waals surface area (Å²) >= 11 is 0. The number of carbonyl (C=O) groups is 2. The number of quaternary nitrogens is 1. The highest BCUT2D eigenvalue weighted by Gasteiger charge is 2.13. The van der Waals surface area contributed by atoms with Crippen LogP contribution in [0.25, 0.3) is 0 Å². The summed E-state index contributed by atoms with van der Waals surface area (Å²) in [4.78, 5) is 22.0. The number of hydrogen-bond donors (Lipinski definition) is 3. The Hall–Kier alpha value is -1.66. The Morgan fingerprint density at radius 1 is 0.864 bits per heavy atom. The van der Waals surface area contributed by atoms with Crippen LogP contribution in [0.2, 0.25) is 0 Å². The number of amides is 2. The Balaban J connectivity index is 3.54. The van der Waals surface area contributed by atoms with E-state index in [1.54, 1.807) is 0 Å². The summed E-state index contributed by atoms with van der Waals surface area (Å²) in [7, 11) is 4.36. The van der Waals surface area contributed by atoms with E-state index < -0.39 is 0 Å². The minimum absolute atomic E-state index is 0.115. The van der Waals surface area contributed by atoms with Crippen LogP contribution in [0.15, 0.2) is 25.3 Å². The van der Waals surface area contributed by atoms with Crippen LogP contribution in [-0.2, 0) is 9.59 Å². The van der Waals surface area contributed by atoms with Gasteiger partial charge in [-0.15, -0.1) is 0 Å². The van der Waals surface area contributed by atoms with E-state index >= 15 is 0 Å². The molecule has 0 atom stereocenters. The molecule has 126 valence electrons. The van der Waals surface area contributed by atoms with Crippen LogP contribution >= 0.6 is 0 Å². The average molecular weight is 311 g/mol. The zero-order valence-corrected chi connectivity index (χ0v) is 14.0. The highest BCUT2D eigenvalue weighted by atomic mass is 16.2. The van der Waals surface area contributed by atoms with E-state index in [0.29, 0.717) is 13.1 Å². The monoisotopic (exact) mass is 311 g/mol. The fraction of sp³-hybridized carbons (Fsp3) is 0.625. The first-order valence-electron chi connectivity index (χ1n) is 7.74. The maximum atomic E-state index is 11.0. The van der Waals surface area contributed by atoms with Crippen molar-refractivity contribution in [2.45, 2.75) is 12.8 Å². The maximum absolute atomic E-state index is 11.0. The molecule has 0 heterocycles. The van der Waals surface area contributed by atoms with Crippen molar-refractivity contribution in [2.24, 2.45) is 0 Å². The Kier molecular flexibility index (Phi) is 11.0. The third kappa shape index (κ3) is 12.1. The molecular weight excluding hydrogens is 280 g/mol. The second-order valence-corrected chi connectivity index (χ2v) is 5.83. The van der Waals surface area contributed by atoms with Crippen molar-refractivity contribution in [3.8, 4) is 0 Å². The van der Waals surface area contributed by atoms with Gasteiger partial charge in [0.2, 0.25) is 11.8 Å². The summed E-state index contributed by atoms with van der Waals surface area (Å²) in [6.45, 7) is 12.0. The van der Waals surface area contributed by atoms with Crippen LogP contribution in [0.3, 0.4) is 0 Å². The summed E-state index contributed by atoms with van der Waals surface area (Å²) in [5.41, 5.74) is 0. The quantitative estimate of drug-likeness (QED) is 0.255. The molecule has 0 saturated carbocycles. The van der Waals surface area contributed by atoms with Gasteiger partial charge >= 0.3 is 0 Å². The first-order valence-corrected chi connectivity index (χ1v) is 7.74. The number of nitrogens with zero attached hydrogens (tertiary/aromatic N) is 1. The van der Waals surface area contributed by atoms with Gasteiger partial charge < -0.3 is 20.4 Å². The molecule has 0 aromatic carbocycles. The second kappa shape index (κ2) is 11.9. The molecule has 0 aliphatic rings. The van der Waals surface area contributed by atoms with Crippen molar-refractivity contribution >= 4 is 11.8 Å². The summed E-state index contributed by atoms with van der Waals surface area (Å²) in [6, 6.07) is 0. The number of carbonyl (C=O) groups excluding carboxylic acids is 2. The van der Waals surface area contributed by atoms with Crippen molar-refractivity contribution in [3.05, 3.63) is 25.3 Å². The first-order chi connectivity index (χ1) is 10.4. The Morgan fingerprint density at radius 2 is 1.41 bits per heavy atom. The first kappa shape index (κ1) is 20.3. The molecule has 2 amide bonds. The summed E-state index contributed by atoms with van der Waals surface area (Å²) < 4.78 is 0.907. The molecule has 0 aliphatic heterocycles. The van der Waals surface area contributed by atoms with Crippen molar-refractivity contribution in [2.75, 3.05) is 53.4 Å². The molecule has 0 rings (SSSR count). The van der Waals surface area contributed by atoms with Crippen LogP contribution in [-0.4, -0.2) is 69.7 Å². The molecule has 6 nitrogen and oxygen atoms in total. The largest absolute Gasteiger partial charge is 0.353 e. The van der Waals surface area contributed by atoms with E-state index in [-0.39, 0.29) is 11.8 Å². The minimum Gasteiger partial charge on any atom is -0.353 e. The molecule has 6 heteroatoms. The normalized spacial score (nSPS) is 10.8. The molecular formula is C16H31N4O2+. The summed E-state index contributed by atoms with van der Waals surface area (Å²) in [5.74, 6) is -0.239. The molecule has 3 N–H and O–H groups in total. The standard InChI is InChI=1S/C16H30N4O2/c1-5-15(21)18-10-7-9-17-12-14-20(3,4)13-8-11-19-16(22)6-2/h5-6,17H,1-2,7-14H2,3-4H3,(H-,18,19,21,22)/p+1. The van der Waals surface area contributed by atoms with Crippen molar-refractivity contribution < 1.29 is 14.1 Å². The second-order valence-electron chi connectivity index (χ2n) is 5.83. The van der Waals surface area contributed by atoms with Gasteiger partial charge in [-0.2, -0.15) is 0 Å². The number of hydrogen-bond acceptors (Lipinski definition) is 3.